The summed E-state index contributed by atoms with van der Waals surface area (Å²) in [5.41, 5.74) is 4.14. The zero-order valence-electron chi connectivity index (χ0n) is 16.9. The average molecular weight is 392 g/mol. The standard InChI is InChI=1S/C22H24N4O3/c1-14-6-8-17(9-7-14)13-23-21(27)5-4-10-25-22(28)19-12-20-18(11-15(2)29-20)26(19)16(3)24-25/h6-9,11-12H,4-5,10,13H2,1-3H3,(H,23,27). The Balaban J connectivity index is 1.40. The van der Waals surface area contributed by atoms with Crippen LogP contribution in [-0.2, 0) is 17.9 Å². The number of hydrogen-bond donors (Lipinski definition) is 1. The summed E-state index contributed by atoms with van der Waals surface area (Å²) < 4.78 is 8.89. The maximum Gasteiger partial charge on any atom is 0.291 e. The molecule has 4 rings (SSSR count). The molecule has 150 valence electrons. The normalized spacial score (nSPS) is 11.4. The Labute approximate surface area is 167 Å². The van der Waals surface area contributed by atoms with Gasteiger partial charge >= 0.3 is 0 Å². The van der Waals surface area contributed by atoms with Crippen molar-refractivity contribution >= 4 is 22.5 Å². The van der Waals surface area contributed by atoms with Gasteiger partial charge in [0.2, 0.25) is 5.91 Å². The number of nitrogens with zero attached hydrogens (tertiary/aromatic N) is 3. The van der Waals surface area contributed by atoms with Crippen LogP contribution in [0.5, 0.6) is 0 Å². The summed E-state index contributed by atoms with van der Waals surface area (Å²) in [5, 5.41) is 7.34. The molecule has 0 aliphatic rings. The monoisotopic (exact) mass is 392 g/mol. The fourth-order valence-electron chi connectivity index (χ4n) is 3.55. The third-order valence-corrected chi connectivity index (χ3v) is 5.04. The first kappa shape index (κ1) is 19.0. The molecule has 3 heterocycles. The van der Waals surface area contributed by atoms with Crippen molar-refractivity contribution in [1.29, 1.82) is 0 Å². The molecular weight excluding hydrogens is 368 g/mol. The molecule has 1 N–H and O–H groups in total. The van der Waals surface area contributed by atoms with Crippen LogP contribution in [0.25, 0.3) is 16.6 Å². The maximum absolute atomic E-state index is 12.8. The number of aryl methyl sites for hydroxylation is 4. The first-order chi connectivity index (χ1) is 13.9. The van der Waals surface area contributed by atoms with Crippen LogP contribution in [0.3, 0.4) is 0 Å². The van der Waals surface area contributed by atoms with E-state index in [1.165, 1.54) is 10.2 Å². The number of fused-ring (bicyclic) bond motifs is 3. The third kappa shape index (κ3) is 3.81. The Morgan fingerprint density at radius 2 is 1.86 bits per heavy atom. The molecule has 7 nitrogen and oxygen atoms in total. The lowest BCUT2D eigenvalue weighted by Crippen LogP contribution is -2.27. The van der Waals surface area contributed by atoms with Crippen LogP contribution in [-0.4, -0.2) is 20.1 Å². The van der Waals surface area contributed by atoms with E-state index in [0.717, 1.165) is 16.8 Å². The second-order valence-electron chi connectivity index (χ2n) is 7.41. The van der Waals surface area contributed by atoms with Crippen LogP contribution in [0.4, 0.5) is 0 Å². The summed E-state index contributed by atoms with van der Waals surface area (Å²) in [5.74, 6) is 1.47. The second kappa shape index (κ2) is 7.58. The number of rotatable bonds is 6. The Morgan fingerprint density at radius 1 is 1.10 bits per heavy atom. The summed E-state index contributed by atoms with van der Waals surface area (Å²) in [7, 11) is 0. The smallest absolute Gasteiger partial charge is 0.291 e. The number of nitrogens with one attached hydrogen (secondary N) is 1. The van der Waals surface area contributed by atoms with Crippen molar-refractivity contribution < 1.29 is 9.21 Å². The molecule has 29 heavy (non-hydrogen) atoms. The minimum atomic E-state index is -0.181. The van der Waals surface area contributed by atoms with E-state index in [1.54, 1.807) is 6.07 Å². The second-order valence-corrected chi connectivity index (χ2v) is 7.41. The van der Waals surface area contributed by atoms with Gasteiger partial charge < -0.3 is 9.73 Å². The Morgan fingerprint density at radius 3 is 2.62 bits per heavy atom. The van der Waals surface area contributed by atoms with Crippen LogP contribution < -0.4 is 10.9 Å². The molecule has 1 aromatic carbocycles. The van der Waals surface area contributed by atoms with Gasteiger partial charge in [0.15, 0.2) is 5.58 Å². The molecule has 0 fully saturated rings. The summed E-state index contributed by atoms with van der Waals surface area (Å²) >= 11 is 0. The van der Waals surface area contributed by atoms with Crippen molar-refractivity contribution in [1.82, 2.24) is 19.5 Å². The lowest BCUT2D eigenvalue weighted by molar-refractivity contribution is -0.121. The molecule has 0 atom stereocenters. The molecule has 7 heteroatoms. The van der Waals surface area contributed by atoms with Crippen molar-refractivity contribution in [2.75, 3.05) is 0 Å². The van der Waals surface area contributed by atoms with E-state index in [-0.39, 0.29) is 11.5 Å². The summed E-state index contributed by atoms with van der Waals surface area (Å²) in [6.45, 7) is 6.66. The Hall–Kier alpha value is -3.35. The quantitative estimate of drug-likeness (QED) is 0.546. The highest BCUT2D eigenvalue weighted by Gasteiger charge is 2.15. The Bertz CT molecular complexity index is 1250. The van der Waals surface area contributed by atoms with E-state index >= 15 is 0 Å². The van der Waals surface area contributed by atoms with Crippen molar-refractivity contribution in [3.8, 4) is 0 Å². The van der Waals surface area contributed by atoms with E-state index in [0.29, 0.717) is 42.9 Å². The molecule has 0 unspecified atom stereocenters. The number of hydrogen-bond acceptors (Lipinski definition) is 4. The topological polar surface area (TPSA) is 81.5 Å². The molecule has 0 aliphatic heterocycles. The largest absolute Gasteiger partial charge is 0.460 e. The predicted molar refractivity (Wildman–Crippen MR) is 111 cm³/mol. The van der Waals surface area contributed by atoms with Gasteiger partial charge in [-0.2, -0.15) is 5.10 Å². The molecule has 3 aromatic heterocycles. The van der Waals surface area contributed by atoms with Crippen LogP contribution in [0.1, 0.15) is 35.6 Å². The zero-order valence-corrected chi connectivity index (χ0v) is 16.9. The Kier molecular flexibility index (Phi) is 4.96. The molecular formula is C22H24N4O3. The van der Waals surface area contributed by atoms with Crippen molar-refractivity contribution in [2.45, 2.75) is 46.7 Å². The minimum absolute atomic E-state index is 0.0351. The fourth-order valence-corrected chi connectivity index (χ4v) is 3.55. The summed E-state index contributed by atoms with van der Waals surface area (Å²) in [4.78, 5) is 24.9. The van der Waals surface area contributed by atoms with Gasteiger partial charge in [0, 0.05) is 31.6 Å². The van der Waals surface area contributed by atoms with Gasteiger partial charge in [-0.05, 0) is 32.8 Å². The highest BCUT2D eigenvalue weighted by atomic mass is 16.3. The van der Waals surface area contributed by atoms with E-state index in [9.17, 15) is 9.59 Å². The van der Waals surface area contributed by atoms with Crippen LogP contribution in [0, 0.1) is 20.8 Å². The van der Waals surface area contributed by atoms with E-state index < -0.39 is 0 Å². The molecule has 0 radical (unpaired) electrons. The molecule has 0 spiro atoms. The number of furan rings is 1. The number of carbonyl (C=O) groups is 1. The van der Waals surface area contributed by atoms with Gasteiger partial charge in [-0.25, -0.2) is 4.68 Å². The fraction of sp³-hybridized carbons (Fsp3) is 0.318. The zero-order chi connectivity index (χ0) is 20.5. The predicted octanol–water partition coefficient (Wildman–Crippen LogP) is 3.26. The molecule has 4 aromatic rings. The van der Waals surface area contributed by atoms with Crippen molar-refractivity contribution in [2.24, 2.45) is 0 Å². The van der Waals surface area contributed by atoms with Crippen LogP contribution in [0.15, 0.2) is 45.6 Å². The van der Waals surface area contributed by atoms with E-state index in [2.05, 4.69) is 10.4 Å². The molecule has 0 saturated heterocycles. The highest BCUT2D eigenvalue weighted by molar-refractivity contribution is 5.83. The van der Waals surface area contributed by atoms with Crippen molar-refractivity contribution in [3.63, 3.8) is 0 Å². The number of carbonyl (C=O) groups excluding carboxylic acids is 1. The molecule has 1 amide bonds. The first-order valence-corrected chi connectivity index (χ1v) is 9.74. The van der Waals surface area contributed by atoms with E-state index in [1.807, 2.05) is 55.5 Å². The summed E-state index contributed by atoms with van der Waals surface area (Å²) in [6, 6.07) is 11.7. The molecule has 0 aliphatic carbocycles. The summed E-state index contributed by atoms with van der Waals surface area (Å²) in [6.07, 6.45) is 0.880. The SMILES string of the molecule is Cc1ccc(CNC(=O)CCCn2nc(C)n3c(cc4oc(C)cc43)c2=O)cc1. The number of benzene rings is 1. The first-order valence-electron chi connectivity index (χ1n) is 9.74. The van der Waals surface area contributed by atoms with Gasteiger partial charge in [0.05, 0.1) is 5.52 Å². The molecule has 0 saturated carbocycles. The average Bonchev–Trinajstić information content (AvgIpc) is 3.21. The van der Waals surface area contributed by atoms with E-state index in [4.69, 9.17) is 4.42 Å². The number of amides is 1. The van der Waals surface area contributed by atoms with Gasteiger partial charge in [-0.1, -0.05) is 29.8 Å². The lowest BCUT2D eigenvalue weighted by Gasteiger charge is -2.09. The molecule has 0 bridgehead atoms. The van der Waals surface area contributed by atoms with Gasteiger partial charge in [-0.3, -0.25) is 14.0 Å². The number of aromatic nitrogens is 3. The third-order valence-electron chi connectivity index (χ3n) is 5.04. The van der Waals surface area contributed by atoms with Crippen LogP contribution in [0.2, 0.25) is 0 Å². The minimum Gasteiger partial charge on any atom is -0.460 e. The van der Waals surface area contributed by atoms with Gasteiger partial charge in [0.25, 0.3) is 5.56 Å². The van der Waals surface area contributed by atoms with Crippen molar-refractivity contribution in [3.05, 3.63) is 69.5 Å². The highest BCUT2D eigenvalue weighted by Crippen LogP contribution is 2.22. The van der Waals surface area contributed by atoms with Gasteiger partial charge in [-0.15, -0.1) is 0 Å². The lowest BCUT2D eigenvalue weighted by atomic mass is 10.1. The van der Waals surface area contributed by atoms with Gasteiger partial charge in [0.1, 0.15) is 17.1 Å². The van der Waals surface area contributed by atoms with Crippen LogP contribution >= 0.6 is 0 Å². The maximum atomic E-state index is 12.8.